The second kappa shape index (κ2) is 8.68. The Balaban J connectivity index is 2.36. The number of rotatable bonds is 5. The van der Waals surface area contributed by atoms with Crippen molar-refractivity contribution in [3.8, 4) is 5.75 Å². The highest BCUT2D eigenvalue weighted by Gasteiger charge is 2.22. The molecule has 0 spiro atoms. The number of methoxy groups -OCH3 is 3. The summed E-state index contributed by atoms with van der Waals surface area (Å²) in [6, 6.07) is 7.60. The maximum absolute atomic E-state index is 11.9. The molecule has 25 heavy (non-hydrogen) atoms. The number of hydrogen-bond donors (Lipinski definition) is 0. The molecule has 1 aromatic rings. The van der Waals surface area contributed by atoms with E-state index in [0.29, 0.717) is 0 Å². The Hall–Kier alpha value is -3.08. The third-order valence-electron chi connectivity index (χ3n) is 3.71. The van der Waals surface area contributed by atoms with Crippen molar-refractivity contribution in [2.75, 3.05) is 21.3 Å². The van der Waals surface area contributed by atoms with Crippen LogP contribution in [0, 0.1) is 5.92 Å². The van der Waals surface area contributed by atoms with Crippen molar-refractivity contribution >= 4 is 18.0 Å². The van der Waals surface area contributed by atoms with Crippen molar-refractivity contribution in [1.29, 1.82) is 0 Å². The number of carbonyl (C=O) groups excluding carboxylic acids is 2. The van der Waals surface area contributed by atoms with E-state index in [2.05, 4.69) is 9.47 Å². The minimum absolute atomic E-state index is 0.129. The van der Waals surface area contributed by atoms with Crippen molar-refractivity contribution < 1.29 is 23.8 Å². The van der Waals surface area contributed by atoms with E-state index in [1.807, 2.05) is 54.6 Å². The monoisotopic (exact) mass is 340 g/mol. The molecule has 0 radical (unpaired) electrons. The second-order valence-corrected chi connectivity index (χ2v) is 5.25. The maximum atomic E-state index is 11.9. The van der Waals surface area contributed by atoms with E-state index in [4.69, 9.17) is 4.74 Å². The molecule has 5 nitrogen and oxygen atoms in total. The average Bonchev–Trinajstić information content (AvgIpc) is 2.66. The number of hydrogen-bond acceptors (Lipinski definition) is 5. The lowest BCUT2D eigenvalue weighted by Crippen LogP contribution is -2.17. The van der Waals surface area contributed by atoms with Gasteiger partial charge in [-0.2, -0.15) is 0 Å². The van der Waals surface area contributed by atoms with Crippen molar-refractivity contribution in [2.45, 2.75) is 0 Å². The summed E-state index contributed by atoms with van der Waals surface area (Å²) in [5.41, 5.74) is 1.78. The summed E-state index contributed by atoms with van der Waals surface area (Å²) < 4.78 is 14.5. The van der Waals surface area contributed by atoms with Crippen LogP contribution in [-0.2, 0) is 19.1 Å². The van der Waals surface area contributed by atoms with E-state index in [-0.39, 0.29) is 11.5 Å². The van der Waals surface area contributed by atoms with Crippen molar-refractivity contribution in [3.63, 3.8) is 0 Å². The van der Waals surface area contributed by atoms with Crippen LogP contribution in [0.3, 0.4) is 0 Å². The molecule has 0 aliphatic heterocycles. The van der Waals surface area contributed by atoms with E-state index in [9.17, 15) is 9.59 Å². The van der Waals surface area contributed by atoms with Crippen LogP contribution in [0.1, 0.15) is 5.56 Å². The van der Waals surface area contributed by atoms with Gasteiger partial charge in [-0.3, -0.25) is 0 Å². The van der Waals surface area contributed by atoms with Crippen molar-refractivity contribution in [2.24, 2.45) is 5.92 Å². The van der Waals surface area contributed by atoms with Crippen LogP contribution in [0.5, 0.6) is 5.75 Å². The van der Waals surface area contributed by atoms with Crippen LogP contribution >= 0.6 is 0 Å². The normalized spacial score (nSPS) is 17.1. The van der Waals surface area contributed by atoms with Gasteiger partial charge in [0.05, 0.1) is 21.3 Å². The Morgan fingerprint density at radius 1 is 0.960 bits per heavy atom. The van der Waals surface area contributed by atoms with E-state index >= 15 is 0 Å². The fraction of sp³-hybridized carbons (Fsp3) is 0.200. The summed E-state index contributed by atoms with van der Waals surface area (Å²) in [6.07, 6.45) is 11.1. The first kappa shape index (κ1) is 18.3. The predicted molar refractivity (Wildman–Crippen MR) is 94.9 cm³/mol. The van der Waals surface area contributed by atoms with Gasteiger partial charge in [-0.25, -0.2) is 9.59 Å². The molecular weight excluding hydrogens is 320 g/mol. The summed E-state index contributed by atoms with van der Waals surface area (Å²) in [6.45, 7) is 0. The lowest BCUT2D eigenvalue weighted by atomic mass is 9.91. The summed E-state index contributed by atoms with van der Waals surface area (Å²) in [7, 11) is 4.07. The quantitative estimate of drug-likeness (QED) is 0.357. The smallest absolute Gasteiger partial charge is 0.344 e. The molecule has 0 N–H and O–H groups in total. The Bertz CT molecular complexity index is 733. The summed E-state index contributed by atoms with van der Waals surface area (Å²) in [5, 5.41) is 0. The molecule has 0 saturated heterocycles. The first-order valence-electron chi connectivity index (χ1n) is 7.68. The zero-order valence-electron chi connectivity index (χ0n) is 14.4. The molecule has 1 aliphatic carbocycles. The molecule has 0 bridgehead atoms. The molecule has 2 rings (SSSR count). The van der Waals surface area contributed by atoms with Gasteiger partial charge in [-0.1, -0.05) is 48.6 Å². The maximum Gasteiger partial charge on any atom is 0.344 e. The van der Waals surface area contributed by atoms with Crippen LogP contribution in [0.2, 0.25) is 0 Å². The zero-order chi connectivity index (χ0) is 18.2. The standard InChI is InChI=1S/C20H20O5/c1-23-17-10-8-14(9-11-17)12-15-6-4-5-7-16(15)13-18(19(21)24-2)20(22)25-3/h4-13,16H,1-3H3. The van der Waals surface area contributed by atoms with Gasteiger partial charge < -0.3 is 14.2 Å². The third kappa shape index (κ3) is 4.70. The Morgan fingerprint density at radius 3 is 2.16 bits per heavy atom. The molecule has 5 heteroatoms. The predicted octanol–water partition coefficient (Wildman–Crippen LogP) is 3.09. The Labute approximate surface area is 146 Å². The van der Waals surface area contributed by atoms with Gasteiger partial charge >= 0.3 is 11.9 Å². The Kier molecular flexibility index (Phi) is 6.34. The molecule has 1 aromatic carbocycles. The molecular formula is C20H20O5. The number of ether oxygens (including phenoxy) is 3. The zero-order valence-corrected chi connectivity index (χ0v) is 14.4. The highest BCUT2D eigenvalue weighted by atomic mass is 16.5. The minimum atomic E-state index is -0.724. The summed E-state index contributed by atoms with van der Waals surface area (Å²) in [4.78, 5) is 23.7. The first-order chi connectivity index (χ1) is 12.1. The van der Waals surface area contributed by atoms with Gasteiger partial charge in [0.15, 0.2) is 0 Å². The van der Waals surface area contributed by atoms with Crippen LogP contribution in [0.25, 0.3) is 6.08 Å². The van der Waals surface area contributed by atoms with Crippen LogP contribution < -0.4 is 4.74 Å². The summed E-state index contributed by atoms with van der Waals surface area (Å²) >= 11 is 0. The molecule has 0 saturated carbocycles. The molecule has 0 aromatic heterocycles. The van der Waals surface area contributed by atoms with Gasteiger partial charge in [-0.15, -0.1) is 0 Å². The van der Waals surface area contributed by atoms with Crippen LogP contribution in [-0.4, -0.2) is 33.3 Å². The van der Waals surface area contributed by atoms with E-state index in [1.165, 1.54) is 14.2 Å². The van der Waals surface area contributed by atoms with Crippen molar-refractivity contribution in [1.82, 2.24) is 0 Å². The van der Waals surface area contributed by atoms with Gasteiger partial charge in [0.25, 0.3) is 0 Å². The lowest BCUT2D eigenvalue weighted by molar-refractivity contribution is -0.144. The molecule has 0 amide bonds. The molecule has 0 heterocycles. The topological polar surface area (TPSA) is 61.8 Å². The molecule has 1 atom stereocenters. The fourth-order valence-electron chi connectivity index (χ4n) is 2.38. The molecule has 130 valence electrons. The first-order valence-corrected chi connectivity index (χ1v) is 7.68. The van der Waals surface area contributed by atoms with Gasteiger partial charge in [0.2, 0.25) is 0 Å². The highest BCUT2D eigenvalue weighted by Crippen LogP contribution is 2.25. The molecule has 0 fully saturated rings. The van der Waals surface area contributed by atoms with Gasteiger partial charge in [0, 0.05) is 5.92 Å². The number of esters is 2. The van der Waals surface area contributed by atoms with E-state index in [1.54, 1.807) is 13.2 Å². The third-order valence-corrected chi connectivity index (χ3v) is 3.71. The SMILES string of the molecule is COC(=O)C(=CC1C=CC=CC1=Cc1ccc(OC)cc1)C(=O)OC. The summed E-state index contributed by atoms with van der Waals surface area (Å²) in [5.74, 6) is -0.922. The van der Waals surface area contributed by atoms with Crippen LogP contribution in [0.15, 0.2) is 65.8 Å². The number of carbonyl (C=O) groups is 2. The molecule has 1 aliphatic rings. The Morgan fingerprint density at radius 2 is 1.60 bits per heavy atom. The van der Waals surface area contributed by atoms with E-state index in [0.717, 1.165) is 16.9 Å². The van der Waals surface area contributed by atoms with Crippen molar-refractivity contribution in [3.05, 3.63) is 71.4 Å². The largest absolute Gasteiger partial charge is 0.497 e. The average molecular weight is 340 g/mol. The van der Waals surface area contributed by atoms with Crippen LogP contribution in [0.4, 0.5) is 0 Å². The minimum Gasteiger partial charge on any atom is -0.497 e. The number of allylic oxidation sites excluding steroid dienone is 6. The fourth-order valence-corrected chi connectivity index (χ4v) is 2.38. The highest BCUT2D eigenvalue weighted by molar-refractivity contribution is 6.14. The van der Waals surface area contributed by atoms with E-state index < -0.39 is 11.9 Å². The van der Waals surface area contributed by atoms with Gasteiger partial charge in [-0.05, 0) is 23.3 Å². The molecule has 1 unspecified atom stereocenters. The van der Waals surface area contributed by atoms with Gasteiger partial charge in [0.1, 0.15) is 11.3 Å². The lowest BCUT2D eigenvalue weighted by Gasteiger charge is -2.15. The number of benzene rings is 1. The second-order valence-electron chi connectivity index (χ2n) is 5.25.